The third kappa shape index (κ3) is 2.28. The predicted octanol–water partition coefficient (Wildman–Crippen LogP) is 0.439. The molecule has 3 atom stereocenters. The first kappa shape index (κ1) is 13.3. The summed E-state index contributed by atoms with van der Waals surface area (Å²) in [4.78, 5) is 12.2. The Morgan fingerprint density at radius 2 is 2.37 bits per heavy atom. The molecule has 0 aromatic rings. The summed E-state index contributed by atoms with van der Waals surface area (Å²) in [5.74, 6) is 0.0888. The number of carbonyl (C=O) groups excluding carboxylic acids is 1. The molecule has 0 aromatic heterocycles. The van der Waals surface area contributed by atoms with Crippen LogP contribution in [-0.4, -0.2) is 50.5 Å². The van der Waals surface area contributed by atoms with Crippen LogP contribution in [-0.2, 0) is 14.3 Å². The summed E-state index contributed by atoms with van der Waals surface area (Å²) in [6.45, 7) is 4.76. The smallest absolute Gasteiger partial charge is 0.239 e. The van der Waals surface area contributed by atoms with Gasteiger partial charge in [-0.2, -0.15) is 0 Å². The van der Waals surface area contributed by atoms with Gasteiger partial charge in [-0.25, -0.2) is 0 Å². The molecule has 19 heavy (non-hydrogen) atoms. The average molecular weight is 268 g/mol. The highest BCUT2D eigenvalue weighted by Gasteiger charge is 2.59. The Morgan fingerprint density at radius 3 is 2.95 bits per heavy atom. The molecule has 3 rings (SSSR count). The first-order chi connectivity index (χ1) is 9.26. The second kappa shape index (κ2) is 5.38. The molecule has 1 aliphatic heterocycles. The van der Waals surface area contributed by atoms with Gasteiger partial charge in [-0.3, -0.25) is 4.79 Å². The molecule has 2 saturated carbocycles. The van der Waals surface area contributed by atoms with Gasteiger partial charge < -0.3 is 20.1 Å². The molecule has 2 aliphatic carbocycles. The standard InChI is InChI=1S/C14H24N2O3/c1-2-19-12-8-11(14(12)4-3-5-14)16-13(17)10-9-18-7-6-15-10/h10-12,15H,2-9H2,1H3,(H,16,17). The van der Waals surface area contributed by atoms with Crippen molar-refractivity contribution >= 4 is 5.91 Å². The van der Waals surface area contributed by atoms with Crippen LogP contribution < -0.4 is 10.6 Å². The fourth-order valence-electron chi connectivity index (χ4n) is 3.65. The van der Waals surface area contributed by atoms with Crippen molar-refractivity contribution in [1.29, 1.82) is 0 Å². The van der Waals surface area contributed by atoms with Gasteiger partial charge in [0.25, 0.3) is 0 Å². The second-order valence-electron chi connectivity index (χ2n) is 5.91. The number of nitrogens with one attached hydrogen (secondary N) is 2. The molecule has 5 heteroatoms. The zero-order chi connectivity index (χ0) is 13.3. The lowest BCUT2D eigenvalue weighted by atomic mass is 9.51. The third-order valence-corrected chi connectivity index (χ3v) is 4.99. The lowest BCUT2D eigenvalue weighted by Gasteiger charge is -2.61. The summed E-state index contributed by atoms with van der Waals surface area (Å²) >= 11 is 0. The molecular formula is C14H24N2O3. The monoisotopic (exact) mass is 268 g/mol. The van der Waals surface area contributed by atoms with E-state index in [1.165, 1.54) is 19.3 Å². The Bertz CT molecular complexity index is 338. The normalized spacial score (nSPS) is 36.4. The van der Waals surface area contributed by atoms with Gasteiger partial charge in [-0.05, 0) is 26.2 Å². The molecule has 3 unspecified atom stereocenters. The Morgan fingerprint density at radius 1 is 1.53 bits per heavy atom. The van der Waals surface area contributed by atoms with Crippen molar-refractivity contribution in [3.63, 3.8) is 0 Å². The van der Waals surface area contributed by atoms with Crippen LogP contribution in [0.5, 0.6) is 0 Å². The molecule has 2 N–H and O–H groups in total. The van der Waals surface area contributed by atoms with E-state index >= 15 is 0 Å². The molecule has 1 spiro atoms. The minimum absolute atomic E-state index is 0.0888. The molecule has 0 radical (unpaired) electrons. The molecule has 1 heterocycles. The quantitative estimate of drug-likeness (QED) is 0.777. The second-order valence-corrected chi connectivity index (χ2v) is 5.91. The van der Waals surface area contributed by atoms with Gasteiger partial charge in [0.1, 0.15) is 6.04 Å². The summed E-state index contributed by atoms with van der Waals surface area (Å²) in [5.41, 5.74) is 0.237. The van der Waals surface area contributed by atoms with Gasteiger partial charge in [0.05, 0.1) is 19.3 Å². The molecule has 3 aliphatic rings. The lowest BCUT2D eigenvalue weighted by Crippen LogP contribution is -2.69. The largest absolute Gasteiger partial charge is 0.378 e. The number of hydrogen-bond acceptors (Lipinski definition) is 4. The van der Waals surface area contributed by atoms with E-state index in [1.54, 1.807) is 0 Å². The van der Waals surface area contributed by atoms with E-state index in [0.717, 1.165) is 19.6 Å². The minimum Gasteiger partial charge on any atom is -0.378 e. The van der Waals surface area contributed by atoms with Crippen LogP contribution in [0.4, 0.5) is 0 Å². The van der Waals surface area contributed by atoms with Crippen molar-refractivity contribution in [2.24, 2.45) is 5.41 Å². The number of morpholine rings is 1. The molecule has 3 fully saturated rings. The highest BCUT2D eigenvalue weighted by molar-refractivity contribution is 5.82. The number of rotatable bonds is 4. The van der Waals surface area contributed by atoms with E-state index in [0.29, 0.717) is 25.4 Å². The zero-order valence-electron chi connectivity index (χ0n) is 11.6. The first-order valence-corrected chi connectivity index (χ1v) is 7.49. The molecule has 1 amide bonds. The van der Waals surface area contributed by atoms with Crippen LogP contribution in [0.2, 0.25) is 0 Å². The van der Waals surface area contributed by atoms with E-state index in [2.05, 4.69) is 10.6 Å². The van der Waals surface area contributed by atoms with Gasteiger partial charge in [0.15, 0.2) is 0 Å². The Labute approximate surface area is 114 Å². The summed E-state index contributed by atoms with van der Waals surface area (Å²) in [7, 11) is 0. The van der Waals surface area contributed by atoms with Crippen LogP contribution in [0.1, 0.15) is 32.6 Å². The molecular weight excluding hydrogens is 244 g/mol. The fraction of sp³-hybridized carbons (Fsp3) is 0.929. The van der Waals surface area contributed by atoms with Crippen LogP contribution in [0, 0.1) is 5.41 Å². The van der Waals surface area contributed by atoms with Crippen molar-refractivity contribution in [1.82, 2.24) is 10.6 Å². The topological polar surface area (TPSA) is 59.6 Å². The maximum atomic E-state index is 12.2. The van der Waals surface area contributed by atoms with Crippen molar-refractivity contribution < 1.29 is 14.3 Å². The number of hydrogen-bond donors (Lipinski definition) is 2. The minimum atomic E-state index is -0.183. The molecule has 0 aromatic carbocycles. The number of amides is 1. The number of carbonyl (C=O) groups is 1. The summed E-state index contributed by atoms with van der Waals surface area (Å²) in [5, 5.41) is 6.41. The van der Waals surface area contributed by atoms with Crippen LogP contribution in [0.25, 0.3) is 0 Å². The lowest BCUT2D eigenvalue weighted by molar-refractivity contribution is -0.176. The Balaban J connectivity index is 1.54. The van der Waals surface area contributed by atoms with E-state index in [1.807, 2.05) is 6.92 Å². The highest BCUT2D eigenvalue weighted by atomic mass is 16.5. The maximum absolute atomic E-state index is 12.2. The van der Waals surface area contributed by atoms with Crippen molar-refractivity contribution in [2.75, 3.05) is 26.4 Å². The van der Waals surface area contributed by atoms with Crippen LogP contribution in [0.15, 0.2) is 0 Å². The SMILES string of the molecule is CCOC1CC(NC(=O)C2COCCN2)C12CCC2. The van der Waals surface area contributed by atoms with E-state index < -0.39 is 0 Å². The van der Waals surface area contributed by atoms with E-state index in [-0.39, 0.29) is 17.4 Å². The van der Waals surface area contributed by atoms with Gasteiger partial charge in [0.2, 0.25) is 5.91 Å². The summed E-state index contributed by atoms with van der Waals surface area (Å²) in [6.07, 6.45) is 4.97. The van der Waals surface area contributed by atoms with E-state index in [9.17, 15) is 4.79 Å². The van der Waals surface area contributed by atoms with Crippen molar-refractivity contribution in [3.05, 3.63) is 0 Å². The third-order valence-electron chi connectivity index (χ3n) is 4.99. The van der Waals surface area contributed by atoms with Crippen LogP contribution >= 0.6 is 0 Å². The predicted molar refractivity (Wildman–Crippen MR) is 70.9 cm³/mol. The summed E-state index contributed by atoms with van der Waals surface area (Å²) in [6, 6.07) is 0.117. The first-order valence-electron chi connectivity index (χ1n) is 7.49. The van der Waals surface area contributed by atoms with Gasteiger partial charge in [0, 0.05) is 24.6 Å². The maximum Gasteiger partial charge on any atom is 0.239 e. The molecule has 108 valence electrons. The van der Waals surface area contributed by atoms with Crippen molar-refractivity contribution in [3.8, 4) is 0 Å². The van der Waals surface area contributed by atoms with Crippen LogP contribution in [0.3, 0.4) is 0 Å². The molecule has 0 bridgehead atoms. The molecule has 5 nitrogen and oxygen atoms in total. The van der Waals surface area contributed by atoms with Gasteiger partial charge in [-0.15, -0.1) is 0 Å². The highest BCUT2D eigenvalue weighted by Crippen LogP contribution is 2.57. The molecule has 1 saturated heterocycles. The van der Waals surface area contributed by atoms with Crippen molar-refractivity contribution in [2.45, 2.75) is 50.8 Å². The van der Waals surface area contributed by atoms with Gasteiger partial charge in [-0.1, -0.05) is 6.42 Å². The number of ether oxygens (including phenoxy) is 2. The van der Waals surface area contributed by atoms with Gasteiger partial charge >= 0.3 is 0 Å². The Kier molecular flexibility index (Phi) is 3.78. The fourth-order valence-corrected chi connectivity index (χ4v) is 3.65. The zero-order valence-corrected chi connectivity index (χ0v) is 11.6. The average Bonchev–Trinajstić information content (AvgIpc) is 2.36. The van der Waals surface area contributed by atoms with E-state index in [4.69, 9.17) is 9.47 Å². The Hall–Kier alpha value is -0.650. The summed E-state index contributed by atoms with van der Waals surface area (Å²) < 4.78 is 11.1.